The molecule has 0 spiro atoms. The first-order chi connectivity index (χ1) is 13.1. The number of aromatic nitrogens is 2. The first kappa shape index (κ1) is 19.7. The molecule has 0 bridgehead atoms. The summed E-state index contributed by atoms with van der Waals surface area (Å²) in [6, 6.07) is 13.7. The minimum absolute atomic E-state index is 0.189. The number of benzene rings is 2. The van der Waals surface area contributed by atoms with Crippen molar-refractivity contribution >= 4 is 46.5 Å². The minimum Gasteiger partial charge on any atom is -0.497 e. The van der Waals surface area contributed by atoms with Crippen LogP contribution in [0.4, 0.5) is 10.1 Å². The smallest absolute Gasteiger partial charge is 0.234 e. The number of methoxy groups -OCH3 is 1. The molecule has 0 unspecified atom stereocenters. The van der Waals surface area contributed by atoms with Crippen molar-refractivity contribution in [2.75, 3.05) is 18.2 Å². The Morgan fingerprint density at radius 1 is 1.15 bits per heavy atom. The monoisotopic (exact) mass is 421 g/mol. The molecule has 1 N–H and O–H groups in total. The standard InChI is InChI=1S/C18H16FN3O2S3/c1-24-15-7-5-12(6-8-15)10-25-17-21-22-18(27-17)26-11-16(23)20-14-4-2-3-13(19)9-14/h2-9H,10-11H2,1H3,(H,20,23). The van der Waals surface area contributed by atoms with Crippen LogP contribution in [-0.4, -0.2) is 29.0 Å². The van der Waals surface area contributed by atoms with Crippen molar-refractivity contribution in [3.8, 4) is 5.75 Å². The van der Waals surface area contributed by atoms with Crippen LogP contribution in [0.1, 0.15) is 5.56 Å². The van der Waals surface area contributed by atoms with Crippen LogP contribution in [0, 0.1) is 5.82 Å². The van der Waals surface area contributed by atoms with Gasteiger partial charge in [0.1, 0.15) is 11.6 Å². The molecule has 1 aromatic heterocycles. The van der Waals surface area contributed by atoms with Gasteiger partial charge in [-0.1, -0.05) is 53.1 Å². The Hall–Kier alpha value is -2.10. The number of nitrogens with zero attached hydrogens (tertiary/aromatic N) is 2. The molecular weight excluding hydrogens is 405 g/mol. The summed E-state index contributed by atoms with van der Waals surface area (Å²) in [4.78, 5) is 12.0. The molecule has 0 saturated heterocycles. The van der Waals surface area contributed by atoms with Gasteiger partial charge in [-0.3, -0.25) is 4.79 Å². The van der Waals surface area contributed by atoms with Gasteiger partial charge in [0.25, 0.3) is 0 Å². The number of halogens is 1. The Bertz CT molecular complexity index is 903. The molecule has 2 aromatic carbocycles. The summed E-state index contributed by atoms with van der Waals surface area (Å²) in [5.74, 6) is 1.20. The van der Waals surface area contributed by atoms with Gasteiger partial charge in [0.2, 0.25) is 5.91 Å². The summed E-state index contributed by atoms with van der Waals surface area (Å²) in [6.07, 6.45) is 0. The molecule has 27 heavy (non-hydrogen) atoms. The number of ether oxygens (including phenoxy) is 1. The Morgan fingerprint density at radius 3 is 2.59 bits per heavy atom. The maximum absolute atomic E-state index is 13.1. The van der Waals surface area contributed by atoms with Crippen LogP contribution in [0.3, 0.4) is 0 Å². The lowest BCUT2D eigenvalue weighted by molar-refractivity contribution is -0.113. The minimum atomic E-state index is -0.386. The van der Waals surface area contributed by atoms with Gasteiger partial charge in [0.15, 0.2) is 8.68 Å². The molecule has 1 amide bonds. The van der Waals surface area contributed by atoms with Crippen molar-refractivity contribution in [3.05, 3.63) is 59.9 Å². The van der Waals surface area contributed by atoms with E-state index in [1.165, 1.54) is 40.8 Å². The fraction of sp³-hybridized carbons (Fsp3) is 0.167. The molecule has 140 valence electrons. The van der Waals surface area contributed by atoms with Crippen molar-refractivity contribution < 1.29 is 13.9 Å². The Labute approximate surface area is 168 Å². The Morgan fingerprint density at radius 2 is 1.89 bits per heavy atom. The summed E-state index contributed by atoms with van der Waals surface area (Å²) in [6.45, 7) is 0. The Kier molecular flexibility index (Phi) is 7.08. The normalized spacial score (nSPS) is 10.6. The molecule has 0 aliphatic carbocycles. The van der Waals surface area contributed by atoms with E-state index in [-0.39, 0.29) is 17.5 Å². The maximum atomic E-state index is 13.1. The van der Waals surface area contributed by atoms with Crippen LogP contribution < -0.4 is 10.1 Å². The molecule has 0 fully saturated rings. The maximum Gasteiger partial charge on any atom is 0.234 e. The van der Waals surface area contributed by atoms with Crippen molar-refractivity contribution in [3.63, 3.8) is 0 Å². The first-order valence-electron chi connectivity index (χ1n) is 7.90. The van der Waals surface area contributed by atoms with E-state index < -0.39 is 0 Å². The average Bonchev–Trinajstić information content (AvgIpc) is 3.13. The van der Waals surface area contributed by atoms with E-state index in [1.54, 1.807) is 31.0 Å². The fourth-order valence-electron chi connectivity index (χ4n) is 2.07. The highest BCUT2D eigenvalue weighted by Crippen LogP contribution is 2.31. The van der Waals surface area contributed by atoms with E-state index in [2.05, 4.69) is 15.5 Å². The summed E-state index contributed by atoms with van der Waals surface area (Å²) < 4.78 is 19.8. The zero-order valence-corrected chi connectivity index (χ0v) is 16.8. The number of thioether (sulfide) groups is 2. The second-order valence-corrected chi connectivity index (χ2v) is 8.74. The number of hydrogen-bond donors (Lipinski definition) is 1. The summed E-state index contributed by atoms with van der Waals surface area (Å²) in [5, 5.41) is 10.9. The van der Waals surface area contributed by atoms with Crippen molar-refractivity contribution in [1.82, 2.24) is 10.2 Å². The van der Waals surface area contributed by atoms with Crippen LogP contribution in [0.5, 0.6) is 5.75 Å². The molecule has 0 aliphatic rings. The molecule has 0 radical (unpaired) electrons. The van der Waals surface area contributed by atoms with Gasteiger partial charge in [-0.25, -0.2) is 4.39 Å². The lowest BCUT2D eigenvalue weighted by atomic mass is 10.2. The highest BCUT2D eigenvalue weighted by atomic mass is 32.2. The molecule has 1 heterocycles. The number of anilines is 1. The molecule has 3 rings (SSSR count). The first-order valence-corrected chi connectivity index (χ1v) is 10.7. The van der Waals surface area contributed by atoms with Crippen LogP contribution in [0.2, 0.25) is 0 Å². The van der Waals surface area contributed by atoms with Crippen LogP contribution in [0.25, 0.3) is 0 Å². The predicted molar refractivity (Wildman–Crippen MR) is 108 cm³/mol. The van der Waals surface area contributed by atoms with E-state index in [4.69, 9.17) is 4.74 Å². The van der Waals surface area contributed by atoms with E-state index >= 15 is 0 Å². The third-order valence-electron chi connectivity index (χ3n) is 3.34. The summed E-state index contributed by atoms with van der Waals surface area (Å²) in [5.41, 5.74) is 1.60. The van der Waals surface area contributed by atoms with Crippen molar-refractivity contribution in [2.24, 2.45) is 0 Å². The second kappa shape index (κ2) is 9.72. The summed E-state index contributed by atoms with van der Waals surface area (Å²) in [7, 11) is 1.64. The highest BCUT2D eigenvalue weighted by Gasteiger charge is 2.09. The van der Waals surface area contributed by atoms with Crippen molar-refractivity contribution in [2.45, 2.75) is 14.4 Å². The molecule has 0 atom stereocenters. The number of amides is 1. The van der Waals surface area contributed by atoms with Gasteiger partial charge < -0.3 is 10.1 Å². The van der Waals surface area contributed by atoms with Gasteiger partial charge in [-0.05, 0) is 35.9 Å². The van der Waals surface area contributed by atoms with Gasteiger partial charge in [0, 0.05) is 11.4 Å². The van der Waals surface area contributed by atoms with Gasteiger partial charge in [-0.2, -0.15) is 0 Å². The number of carbonyl (C=O) groups is 1. The topological polar surface area (TPSA) is 64.1 Å². The molecule has 3 aromatic rings. The quantitative estimate of drug-likeness (QED) is 0.532. The highest BCUT2D eigenvalue weighted by molar-refractivity contribution is 8.03. The molecule has 9 heteroatoms. The number of nitrogens with one attached hydrogen (secondary N) is 1. The largest absolute Gasteiger partial charge is 0.497 e. The third kappa shape index (κ3) is 6.23. The van der Waals surface area contributed by atoms with E-state index in [0.717, 1.165) is 20.2 Å². The zero-order chi connectivity index (χ0) is 19.1. The van der Waals surface area contributed by atoms with E-state index in [0.29, 0.717) is 5.69 Å². The SMILES string of the molecule is COc1ccc(CSc2nnc(SCC(=O)Nc3cccc(F)c3)s2)cc1. The number of rotatable bonds is 8. The number of carbonyl (C=O) groups excluding carboxylic acids is 1. The second-order valence-electron chi connectivity index (χ2n) is 5.32. The van der Waals surface area contributed by atoms with E-state index in [9.17, 15) is 9.18 Å². The van der Waals surface area contributed by atoms with Gasteiger partial charge in [-0.15, -0.1) is 10.2 Å². The zero-order valence-electron chi connectivity index (χ0n) is 14.3. The predicted octanol–water partition coefficient (Wildman–Crippen LogP) is 4.71. The number of hydrogen-bond acceptors (Lipinski definition) is 7. The van der Waals surface area contributed by atoms with Gasteiger partial charge >= 0.3 is 0 Å². The lowest BCUT2D eigenvalue weighted by Crippen LogP contribution is -2.13. The van der Waals surface area contributed by atoms with Crippen molar-refractivity contribution in [1.29, 1.82) is 0 Å². The molecule has 0 aliphatic heterocycles. The molecule has 5 nitrogen and oxygen atoms in total. The molecular formula is C18H16FN3O2S3. The third-order valence-corrected chi connectivity index (χ3v) is 6.61. The van der Waals surface area contributed by atoms with Crippen LogP contribution in [-0.2, 0) is 10.5 Å². The molecule has 0 saturated carbocycles. The fourth-order valence-corrected chi connectivity index (χ4v) is 4.85. The summed E-state index contributed by atoms with van der Waals surface area (Å²) >= 11 is 4.35. The lowest BCUT2D eigenvalue weighted by Gasteiger charge is -2.03. The average molecular weight is 422 g/mol. The van der Waals surface area contributed by atoms with E-state index in [1.807, 2.05) is 24.3 Å². The van der Waals surface area contributed by atoms with Gasteiger partial charge in [0.05, 0.1) is 12.9 Å². The van der Waals surface area contributed by atoms with Crippen LogP contribution >= 0.6 is 34.9 Å². The van der Waals surface area contributed by atoms with Crippen LogP contribution in [0.15, 0.2) is 57.2 Å². The Balaban J connectivity index is 1.45.